The minimum atomic E-state index is -2.65. The van der Waals surface area contributed by atoms with Gasteiger partial charge < -0.3 is 20.7 Å². The fourth-order valence-electron chi connectivity index (χ4n) is 7.09. The highest BCUT2D eigenvalue weighted by Crippen LogP contribution is 2.51. The number of hydrogen-bond donors (Lipinski definition) is 3. The number of carbonyl (C=O) groups is 5. The van der Waals surface area contributed by atoms with Gasteiger partial charge in [0.05, 0.1) is 24.7 Å². The number of nitrogens with two attached hydrogens (primary N) is 1. The standard InChI is InChI=1S/C30H30N2O8/c31-29(38)25-22(34)13-18-11-17-12-20-19(16-3-1-2-15(10-16)14-32-6-8-40-9-7-32)4-5-21(33)24(20)26(35)23(17)27(36)30(18,39)28(25)37/h1-5,10,17-18,23,25,33,39H,6-9,11-14H2,(H2,31,38)/t17-,18+,23?,25?,30+/m1/s1. The van der Waals surface area contributed by atoms with Crippen molar-refractivity contribution in [1.29, 1.82) is 0 Å². The Hall–Kier alpha value is -3.73. The summed E-state index contributed by atoms with van der Waals surface area (Å²) >= 11 is 0. The lowest BCUT2D eigenvalue weighted by Gasteiger charge is -2.48. The van der Waals surface area contributed by atoms with Gasteiger partial charge in [0.1, 0.15) is 5.75 Å². The molecule has 3 fully saturated rings. The Bertz CT molecular complexity index is 1460. The number of aromatic hydroxyl groups is 1. The van der Waals surface area contributed by atoms with Crippen LogP contribution in [0.5, 0.6) is 5.75 Å². The first kappa shape index (κ1) is 26.5. The van der Waals surface area contributed by atoms with Gasteiger partial charge in [0.25, 0.3) is 0 Å². The van der Waals surface area contributed by atoms with Gasteiger partial charge in [-0.05, 0) is 53.1 Å². The van der Waals surface area contributed by atoms with Crippen LogP contribution in [0.1, 0.15) is 34.3 Å². The van der Waals surface area contributed by atoms with Crippen molar-refractivity contribution in [2.24, 2.45) is 29.4 Å². The molecule has 1 saturated heterocycles. The van der Waals surface area contributed by atoms with Gasteiger partial charge >= 0.3 is 0 Å². The van der Waals surface area contributed by atoms with E-state index in [-0.39, 0.29) is 30.6 Å². The second-order valence-corrected chi connectivity index (χ2v) is 11.3. The molecular formula is C30H30N2O8. The number of benzene rings is 2. The van der Waals surface area contributed by atoms with Crippen LogP contribution in [0.2, 0.25) is 0 Å². The topological polar surface area (TPSA) is 164 Å². The van der Waals surface area contributed by atoms with Gasteiger partial charge in [-0.15, -0.1) is 0 Å². The minimum absolute atomic E-state index is 0.00137. The number of amides is 1. The van der Waals surface area contributed by atoms with Crippen molar-refractivity contribution in [3.63, 3.8) is 0 Å². The molecule has 1 heterocycles. The van der Waals surface area contributed by atoms with E-state index in [0.29, 0.717) is 18.8 Å². The number of rotatable bonds is 4. The number of Topliss-reactive ketones (excluding diaryl/α,β-unsaturated/α-hetero) is 4. The molecular weight excluding hydrogens is 516 g/mol. The van der Waals surface area contributed by atoms with Gasteiger partial charge in [-0.1, -0.05) is 24.3 Å². The second-order valence-electron chi connectivity index (χ2n) is 11.3. The molecule has 1 aliphatic heterocycles. The molecule has 0 bridgehead atoms. The molecule has 4 aliphatic rings. The predicted octanol–water partition coefficient (Wildman–Crippen LogP) is 0.826. The summed E-state index contributed by atoms with van der Waals surface area (Å²) in [6.45, 7) is 3.78. The molecule has 6 rings (SSSR count). The first-order valence-electron chi connectivity index (χ1n) is 13.5. The molecule has 40 heavy (non-hydrogen) atoms. The summed E-state index contributed by atoms with van der Waals surface area (Å²) in [5, 5.41) is 22.1. The van der Waals surface area contributed by atoms with E-state index in [9.17, 15) is 34.2 Å². The highest BCUT2D eigenvalue weighted by atomic mass is 16.5. The Labute approximate surface area is 230 Å². The summed E-state index contributed by atoms with van der Waals surface area (Å²) in [6, 6.07) is 11.1. The molecule has 10 heteroatoms. The van der Waals surface area contributed by atoms with E-state index in [0.717, 1.165) is 36.3 Å². The number of morpholine rings is 1. The van der Waals surface area contributed by atoms with Gasteiger partial charge in [-0.3, -0.25) is 28.9 Å². The molecule has 2 aromatic carbocycles. The summed E-state index contributed by atoms with van der Waals surface area (Å²) in [6.07, 6.45) is -0.0569. The van der Waals surface area contributed by atoms with Crippen LogP contribution >= 0.6 is 0 Å². The summed E-state index contributed by atoms with van der Waals surface area (Å²) in [5.74, 6) is -10.1. The van der Waals surface area contributed by atoms with Crippen LogP contribution in [0.3, 0.4) is 0 Å². The zero-order chi connectivity index (χ0) is 28.3. The number of phenolic OH excluding ortho intramolecular Hbond substituents is 1. The Morgan fingerprint density at radius 2 is 1.80 bits per heavy atom. The Balaban J connectivity index is 1.37. The monoisotopic (exact) mass is 546 g/mol. The number of carbonyl (C=O) groups excluding carboxylic acids is 5. The van der Waals surface area contributed by atoms with Gasteiger partial charge in [0.2, 0.25) is 5.91 Å². The maximum absolute atomic E-state index is 13.8. The first-order valence-corrected chi connectivity index (χ1v) is 13.5. The Kier molecular flexibility index (Phi) is 6.44. The summed E-state index contributed by atoms with van der Waals surface area (Å²) in [7, 11) is 0. The molecule has 5 atom stereocenters. The van der Waals surface area contributed by atoms with E-state index in [1.54, 1.807) is 6.07 Å². The average molecular weight is 547 g/mol. The van der Waals surface area contributed by atoms with Crippen molar-refractivity contribution in [3.05, 3.63) is 53.1 Å². The third-order valence-corrected chi connectivity index (χ3v) is 9.03. The van der Waals surface area contributed by atoms with Crippen LogP contribution in [0.4, 0.5) is 0 Å². The predicted molar refractivity (Wildman–Crippen MR) is 140 cm³/mol. The third kappa shape index (κ3) is 4.01. The highest BCUT2D eigenvalue weighted by molar-refractivity contribution is 6.31. The SMILES string of the molecule is NC(=O)C1C(=O)C[C@@H]2C[C@@H]3Cc4c(-c5cccc(CN6CCOCC6)c5)ccc(O)c4C(=O)C3C(=O)[C@]2(O)C1=O. The molecule has 2 saturated carbocycles. The van der Waals surface area contributed by atoms with Crippen LogP contribution < -0.4 is 5.73 Å². The minimum Gasteiger partial charge on any atom is -0.507 e. The van der Waals surface area contributed by atoms with Crippen LogP contribution in [0.25, 0.3) is 11.1 Å². The lowest BCUT2D eigenvalue weighted by molar-refractivity contribution is -0.175. The average Bonchev–Trinajstić information content (AvgIpc) is 2.91. The number of primary amides is 1. The number of phenols is 1. The number of fused-ring (bicyclic) bond motifs is 3. The zero-order valence-corrected chi connectivity index (χ0v) is 21.8. The largest absolute Gasteiger partial charge is 0.507 e. The normalized spacial score (nSPS) is 30.4. The fraction of sp³-hybridized carbons (Fsp3) is 0.433. The van der Waals surface area contributed by atoms with Crippen molar-refractivity contribution in [2.45, 2.75) is 31.4 Å². The van der Waals surface area contributed by atoms with E-state index < -0.39 is 58.3 Å². The van der Waals surface area contributed by atoms with Crippen LogP contribution in [0.15, 0.2) is 36.4 Å². The maximum Gasteiger partial charge on any atom is 0.235 e. The summed E-state index contributed by atoms with van der Waals surface area (Å²) < 4.78 is 5.44. The summed E-state index contributed by atoms with van der Waals surface area (Å²) in [4.78, 5) is 67.3. The first-order chi connectivity index (χ1) is 19.1. The van der Waals surface area contributed by atoms with Gasteiger partial charge in [-0.25, -0.2) is 0 Å². The van der Waals surface area contributed by atoms with Gasteiger partial charge in [-0.2, -0.15) is 0 Å². The Morgan fingerprint density at radius 1 is 1.05 bits per heavy atom. The molecule has 10 nitrogen and oxygen atoms in total. The lowest BCUT2D eigenvalue weighted by atomic mass is 9.53. The van der Waals surface area contributed by atoms with E-state index in [4.69, 9.17) is 10.5 Å². The van der Waals surface area contributed by atoms with Crippen LogP contribution in [-0.2, 0) is 36.9 Å². The lowest BCUT2D eigenvalue weighted by Crippen LogP contribution is -2.68. The van der Waals surface area contributed by atoms with E-state index in [1.807, 2.05) is 24.3 Å². The molecule has 0 spiro atoms. The van der Waals surface area contributed by atoms with Gasteiger partial charge in [0, 0.05) is 32.0 Å². The van der Waals surface area contributed by atoms with Crippen molar-refractivity contribution in [3.8, 4) is 16.9 Å². The second kappa shape index (κ2) is 9.72. The molecule has 0 aromatic heterocycles. The van der Waals surface area contributed by atoms with E-state index >= 15 is 0 Å². The third-order valence-electron chi connectivity index (χ3n) is 9.03. The number of hydrogen-bond acceptors (Lipinski definition) is 9. The van der Waals surface area contributed by atoms with Gasteiger partial charge in [0.15, 0.2) is 34.7 Å². The number of ketones is 4. The van der Waals surface area contributed by atoms with Crippen LogP contribution in [-0.4, -0.2) is 76.1 Å². The maximum atomic E-state index is 13.8. The molecule has 2 unspecified atom stereocenters. The number of aliphatic hydroxyl groups is 1. The van der Waals surface area contributed by atoms with Crippen molar-refractivity contribution in [1.82, 2.24) is 4.90 Å². The fourth-order valence-corrected chi connectivity index (χ4v) is 7.09. The highest BCUT2D eigenvalue weighted by Gasteiger charge is 2.66. The number of nitrogens with zero attached hydrogens (tertiary/aromatic N) is 1. The molecule has 1 amide bonds. The van der Waals surface area contributed by atoms with E-state index in [2.05, 4.69) is 4.90 Å². The van der Waals surface area contributed by atoms with Crippen molar-refractivity contribution < 1.29 is 38.9 Å². The molecule has 208 valence electrons. The van der Waals surface area contributed by atoms with E-state index in [1.165, 1.54) is 6.07 Å². The Morgan fingerprint density at radius 3 is 2.52 bits per heavy atom. The molecule has 2 aromatic rings. The summed E-state index contributed by atoms with van der Waals surface area (Å²) in [5.41, 5.74) is 5.88. The zero-order valence-electron chi connectivity index (χ0n) is 21.8. The van der Waals surface area contributed by atoms with Crippen molar-refractivity contribution >= 4 is 29.0 Å². The molecule has 3 aliphatic carbocycles. The smallest absolute Gasteiger partial charge is 0.235 e. The molecule has 0 radical (unpaired) electrons. The molecule has 4 N–H and O–H groups in total. The van der Waals surface area contributed by atoms with Crippen molar-refractivity contribution in [2.75, 3.05) is 26.3 Å². The quantitative estimate of drug-likeness (QED) is 0.471. The van der Waals surface area contributed by atoms with Crippen LogP contribution in [0, 0.1) is 23.7 Å². The number of ether oxygens (including phenoxy) is 1.